The Bertz CT molecular complexity index is 633. The highest BCUT2D eigenvalue weighted by Crippen LogP contribution is 2.26. The first-order valence-corrected chi connectivity index (χ1v) is 6.58. The molecule has 1 aromatic heterocycles. The van der Waals surface area contributed by atoms with Crippen LogP contribution >= 0.6 is 0 Å². The molecule has 0 N–H and O–H groups in total. The van der Waals surface area contributed by atoms with Crippen LogP contribution in [0.3, 0.4) is 0 Å². The number of carbonyl (C=O) groups excluding carboxylic acids is 1. The summed E-state index contributed by atoms with van der Waals surface area (Å²) in [4.78, 5) is 14.1. The molecule has 0 aliphatic rings. The molecule has 5 nitrogen and oxygen atoms in total. The Labute approximate surface area is 124 Å². The molecular formula is C16H19NO4. The summed E-state index contributed by atoms with van der Waals surface area (Å²) in [7, 11) is 4.83. The van der Waals surface area contributed by atoms with Crippen LogP contribution in [0.1, 0.15) is 21.9 Å². The van der Waals surface area contributed by atoms with Gasteiger partial charge in [0.25, 0.3) is 5.91 Å². The molecule has 0 saturated heterocycles. The third-order valence-electron chi connectivity index (χ3n) is 3.17. The average molecular weight is 289 g/mol. The number of hydrogen-bond donors (Lipinski definition) is 0. The van der Waals surface area contributed by atoms with Crippen LogP contribution in [0.4, 0.5) is 0 Å². The van der Waals surface area contributed by atoms with E-state index in [1.54, 1.807) is 37.3 Å². The Balaban J connectivity index is 2.18. The highest BCUT2D eigenvalue weighted by Gasteiger charge is 2.18. The van der Waals surface area contributed by atoms with Crippen molar-refractivity contribution in [2.75, 3.05) is 21.3 Å². The number of hydrogen-bond acceptors (Lipinski definition) is 4. The molecule has 0 fully saturated rings. The molecular weight excluding hydrogens is 270 g/mol. The van der Waals surface area contributed by atoms with E-state index in [2.05, 4.69) is 0 Å². The van der Waals surface area contributed by atoms with Crippen molar-refractivity contribution in [3.63, 3.8) is 0 Å². The molecule has 1 heterocycles. The molecule has 0 atom stereocenters. The van der Waals surface area contributed by atoms with Crippen molar-refractivity contribution in [3.8, 4) is 11.5 Å². The Morgan fingerprint density at radius 1 is 1.19 bits per heavy atom. The second kappa shape index (κ2) is 6.35. The molecule has 0 unspecified atom stereocenters. The highest BCUT2D eigenvalue weighted by molar-refractivity contribution is 5.97. The largest absolute Gasteiger partial charge is 0.497 e. The summed E-state index contributed by atoms with van der Waals surface area (Å²) in [6, 6.07) is 8.87. The van der Waals surface area contributed by atoms with Gasteiger partial charge < -0.3 is 18.8 Å². The quantitative estimate of drug-likeness (QED) is 0.849. The van der Waals surface area contributed by atoms with Crippen LogP contribution in [0.5, 0.6) is 11.5 Å². The lowest BCUT2D eigenvalue weighted by Gasteiger charge is -2.18. The molecule has 21 heavy (non-hydrogen) atoms. The van der Waals surface area contributed by atoms with Crippen molar-refractivity contribution in [2.24, 2.45) is 0 Å². The normalized spacial score (nSPS) is 10.3. The Morgan fingerprint density at radius 3 is 2.52 bits per heavy atom. The van der Waals surface area contributed by atoms with Crippen molar-refractivity contribution in [3.05, 3.63) is 47.4 Å². The van der Waals surface area contributed by atoms with Crippen LogP contribution < -0.4 is 9.47 Å². The number of nitrogens with zero attached hydrogens (tertiary/aromatic N) is 1. The summed E-state index contributed by atoms with van der Waals surface area (Å²) in [5, 5.41) is 0. The summed E-state index contributed by atoms with van der Waals surface area (Å²) in [6.07, 6.45) is 0. The number of amides is 1. The summed E-state index contributed by atoms with van der Waals surface area (Å²) in [6.45, 7) is 2.28. The first-order valence-electron chi connectivity index (χ1n) is 6.58. The van der Waals surface area contributed by atoms with Crippen molar-refractivity contribution in [2.45, 2.75) is 13.5 Å². The fraction of sp³-hybridized carbons (Fsp3) is 0.312. The van der Waals surface area contributed by atoms with Crippen LogP contribution in [0, 0.1) is 6.92 Å². The maximum atomic E-state index is 12.5. The van der Waals surface area contributed by atoms with Gasteiger partial charge in [-0.05, 0) is 31.2 Å². The van der Waals surface area contributed by atoms with E-state index in [9.17, 15) is 4.79 Å². The van der Waals surface area contributed by atoms with Gasteiger partial charge in [-0.1, -0.05) is 0 Å². The van der Waals surface area contributed by atoms with Gasteiger partial charge in [-0.3, -0.25) is 4.79 Å². The van der Waals surface area contributed by atoms with Crippen LogP contribution in [-0.2, 0) is 6.54 Å². The minimum atomic E-state index is -0.136. The zero-order valence-corrected chi connectivity index (χ0v) is 12.7. The first-order chi connectivity index (χ1) is 10.0. The second-order valence-electron chi connectivity index (χ2n) is 4.74. The van der Waals surface area contributed by atoms with E-state index >= 15 is 0 Å². The lowest BCUT2D eigenvalue weighted by Crippen LogP contribution is -2.26. The Morgan fingerprint density at radius 2 is 1.95 bits per heavy atom. The van der Waals surface area contributed by atoms with Gasteiger partial charge in [0.15, 0.2) is 0 Å². The van der Waals surface area contributed by atoms with Crippen LogP contribution in [0.2, 0.25) is 0 Å². The van der Waals surface area contributed by atoms with Crippen molar-refractivity contribution >= 4 is 5.91 Å². The maximum absolute atomic E-state index is 12.5. The van der Waals surface area contributed by atoms with E-state index < -0.39 is 0 Å². The van der Waals surface area contributed by atoms with Gasteiger partial charge in [0.1, 0.15) is 23.0 Å². The van der Waals surface area contributed by atoms with E-state index in [1.165, 1.54) is 7.11 Å². The van der Waals surface area contributed by atoms with Gasteiger partial charge in [0, 0.05) is 13.1 Å². The minimum absolute atomic E-state index is 0.136. The van der Waals surface area contributed by atoms with E-state index in [4.69, 9.17) is 13.9 Å². The SMILES string of the molecule is COc1ccc(C(=O)N(C)Cc2ccc(C)o2)c(OC)c1. The predicted octanol–water partition coefficient (Wildman–Crippen LogP) is 2.88. The first kappa shape index (κ1) is 15.0. The highest BCUT2D eigenvalue weighted by atomic mass is 16.5. The fourth-order valence-electron chi connectivity index (χ4n) is 2.06. The van der Waals surface area contributed by atoms with Gasteiger partial charge in [-0.25, -0.2) is 0 Å². The molecule has 0 bridgehead atoms. The standard InChI is InChI=1S/C16H19NO4/c1-11-5-6-13(21-11)10-17(2)16(18)14-8-7-12(19-3)9-15(14)20-4/h5-9H,10H2,1-4H3. The third kappa shape index (κ3) is 3.37. The van der Waals surface area contributed by atoms with E-state index in [0.717, 1.165) is 11.5 Å². The molecule has 1 amide bonds. The minimum Gasteiger partial charge on any atom is -0.497 e. The number of aryl methyl sites for hydroxylation is 1. The monoisotopic (exact) mass is 289 g/mol. The van der Waals surface area contributed by atoms with E-state index in [0.29, 0.717) is 23.6 Å². The number of furan rings is 1. The molecule has 0 radical (unpaired) electrons. The molecule has 0 aliphatic carbocycles. The number of ether oxygens (including phenoxy) is 2. The molecule has 2 aromatic rings. The molecule has 1 aromatic carbocycles. The molecule has 5 heteroatoms. The van der Waals surface area contributed by atoms with Crippen molar-refractivity contribution < 1.29 is 18.7 Å². The zero-order chi connectivity index (χ0) is 15.4. The van der Waals surface area contributed by atoms with Gasteiger partial charge in [0.2, 0.25) is 0 Å². The van der Waals surface area contributed by atoms with Gasteiger partial charge >= 0.3 is 0 Å². The molecule has 2 rings (SSSR count). The van der Waals surface area contributed by atoms with E-state index in [-0.39, 0.29) is 5.91 Å². The third-order valence-corrected chi connectivity index (χ3v) is 3.17. The summed E-state index contributed by atoms with van der Waals surface area (Å²) in [5.74, 6) is 2.57. The molecule has 0 aliphatic heterocycles. The smallest absolute Gasteiger partial charge is 0.257 e. The number of benzene rings is 1. The van der Waals surface area contributed by atoms with Gasteiger partial charge in [-0.2, -0.15) is 0 Å². The number of carbonyl (C=O) groups is 1. The number of methoxy groups -OCH3 is 2. The van der Waals surface area contributed by atoms with Gasteiger partial charge in [0.05, 0.1) is 26.3 Å². The lowest BCUT2D eigenvalue weighted by atomic mass is 10.1. The van der Waals surface area contributed by atoms with Crippen LogP contribution in [0.15, 0.2) is 34.7 Å². The molecule has 112 valence electrons. The Kier molecular flexibility index (Phi) is 4.52. The van der Waals surface area contributed by atoms with Crippen LogP contribution in [-0.4, -0.2) is 32.1 Å². The second-order valence-corrected chi connectivity index (χ2v) is 4.74. The van der Waals surface area contributed by atoms with E-state index in [1.807, 2.05) is 19.1 Å². The fourth-order valence-corrected chi connectivity index (χ4v) is 2.06. The predicted molar refractivity (Wildman–Crippen MR) is 78.8 cm³/mol. The molecule has 0 saturated carbocycles. The number of rotatable bonds is 5. The van der Waals surface area contributed by atoms with Crippen LogP contribution in [0.25, 0.3) is 0 Å². The lowest BCUT2D eigenvalue weighted by molar-refractivity contribution is 0.0771. The van der Waals surface area contributed by atoms with Gasteiger partial charge in [-0.15, -0.1) is 0 Å². The Hall–Kier alpha value is -2.43. The summed E-state index contributed by atoms with van der Waals surface area (Å²) in [5.41, 5.74) is 0.490. The molecule has 0 spiro atoms. The maximum Gasteiger partial charge on any atom is 0.257 e. The van der Waals surface area contributed by atoms with Crippen molar-refractivity contribution in [1.82, 2.24) is 4.90 Å². The topological polar surface area (TPSA) is 51.9 Å². The zero-order valence-electron chi connectivity index (χ0n) is 12.7. The average Bonchev–Trinajstić information content (AvgIpc) is 2.90. The summed E-state index contributed by atoms with van der Waals surface area (Å²) < 4.78 is 15.9. The van der Waals surface area contributed by atoms with Crippen molar-refractivity contribution in [1.29, 1.82) is 0 Å². The summed E-state index contributed by atoms with van der Waals surface area (Å²) >= 11 is 0.